The second-order valence-electron chi connectivity index (χ2n) is 6.19. The number of nitrogens with zero attached hydrogens (tertiary/aromatic N) is 1. The van der Waals surface area contributed by atoms with Gasteiger partial charge in [-0.2, -0.15) is 0 Å². The maximum Gasteiger partial charge on any atom is 0.303 e. The Morgan fingerprint density at radius 1 is 1.18 bits per heavy atom. The molecular weight excluding hydrogens is 464 g/mol. The highest BCUT2D eigenvalue weighted by atomic mass is 79.9. The van der Waals surface area contributed by atoms with E-state index < -0.39 is 5.97 Å². The molecule has 0 atom stereocenters. The van der Waals surface area contributed by atoms with E-state index in [2.05, 4.69) is 21.2 Å². The van der Waals surface area contributed by atoms with Gasteiger partial charge in [-0.1, -0.05) is 58.5 Å². The fourth-order valence-electron chi connectivity index (χ4n) is 2.51. The number of thiocarbonyl (C=S) groups is 1. The van der Waals surface area contributed by atoms with Crippen LogP contribution in [0.3, 0.4) is 0 Å². The van der Waals surface area contributed by atoms with Crippen molar-refractivity contribution in [3.8, 4) is 0 Å². The molecule has 0 radical (unpaired) electrons. The number of thioether (sulfide) groups is 1. The summed E-state index contributed by atoms with van der Waals surface area (Å²) in [6, 6.07) is 7.61. The van der Waals surface area contributed by atoms with E-state index in [1.807, 2.05) is 24.3 Å². The lowest BCUT2D eigenvalue weighted by atomic mass is 10.2. The first kappa shape index (κ1) is 22.6. The molecule has 150 valence electrons. The number of carbonyl (C=O) groups is 3. The molecule has 1 aliphatic heterocycles. The maximum absolute atomic E-state index is 12.5. The van der Waals surface area contributed by atoms with Gasteiger partial charge >= 0.3 is 5.97 Å². The van der Waals surface area contributed by atoms with Gasteiger partial charge in [0.1, 0.15) is 4.32 Å². The lowest BCUT2D eigenvalue weighted by molar-refractivity contribution is -0.137. The van der Waals surface area contributed by atoms with Crippen molar-refractivity contribution in [1.82, 2.24) is 10.2 Å². The van der Waals surface area contributed by atoms with E-state index in [0.717, 1.165) is 22.9 Å². The predicted molar refractivity (Wildman–Crippen MR) is 118 cm³/mol. The van der Waals surface area contributed by atoms with E-state index in [1.165, 1.54) is 16.7 Å². The van der Waals surface area contributed by atoms with Crippen molar-refractivity contribution >= 4 is 68.1 Å². The first-order valence-electron chi connectivity index (χ1n) is 8.86. The number of aliphatic carboxylic acids is 1. The molecule has 0 unspecified atom stereocenters. The molecule has 2 rings (SSSR count). The topological polar surface area (TPSA) is 86.7 Å². The number of amides is 2. The fraction of sp³-hybridized carbons (Fsp3) is 0.368. The maximum atomic E-state index is 12.5. The summed E-state index contributed by atoms with van der Waals surface area (Å²) in [7, 11) is 0. The van der Waals surface area contributed by atoms with Crippen LogP contribution in [0.1, 0.15) is 37.7 Å². The van der Waals surface area contributed by atoms with Gasteiger partial charge in [-0.15, -0.1) is 0 Å². The molecule has 0 saturated carbocycles. The third-order valence-corrected chi connectivity index (χ3v) is 5.90. The molecule has 1 aliphatic rings. The number of hydrogen-bond donors (Lipinski definition) is 2. The second kappa shape index (κ2) is 11.3. The van der Waals surface area contributed by atoms with Crippen LogP contribution in [0.15, 0.2) is 33.6 Å². The van der Waals surface area contributed by atoms with Gasteiger partial charge < -0.3 is 10.4 Å². The summed E-state index contributed by atoms with van der Waals surface area (Å²) in [5, 5.41) is 11.4. The minimum atomic E-state index is -0.804. The highest BCUT2D eigenvalue weighted by Crippen LogP contribution is 2.32. The number of nitrogens with one attached hydrogen (secondary N) is 1. The smallest absolute Gasteiger partial charge is 0.303 e. The number of halogens is 1. The number of unbranched alkanes of at least 4 members (excludes halogenated alkanes) is 2. The number of carbonyl (C=O) groups excluding carboxylic acids is 2. The van der Waals surface area contributed by atoms with Gasteiger partial charge in [0.15, 0.2) is 0 Å². The minimum absolute atomic E-state index is 0.149. The van der Waals surface area contributed by atoms with Gasteiger partial charge in [-0.05, 0) is 36.6 Å². The highest BCUT2D eigenvalue weighted by molar-refractivity contribution is 9.10. The molecule has 1 aromatic rings. The molecule has 1 heterocycles. The number of carboxylic acid groups (broad SMARTS) is 1. The number of hydrogen-bond acceptors (Lipinski definition) is 5. The first-order valence-corrected chi connectivity index (χ1v) is 10.9. The Kier molecular flexibility index (Phi) is 9.14. The van der Waals surface area contributed by atoms with Crippen molar-refractivity contribution in [2.24, 2.45) is 0 Å². The van der Waals surface area contributed by atoms with E-state index in [-0.39, 0.29) is 31.2 Å². The van der Waals surface area contributed by atoms with E-state index >= 15 is 0 Å². The molecule has 6 nitrogen and oxygen atoms in total. The molecule has 0 aliphatic carbocycles. The number of carboxylic acids is 1. The third-order valence-electron chi connectivity index (χ3n) is 3.99. The Morgan fingerprint density at radius 3 is 2.57 bits per heavy atom. The van der Waals surface area contributed by atoms with E-state index in [9.17, 15) is 14.4 Å². The van der Waals surface area contributed by atoms with Crippen LogP contribution in [0.2, 0.25) is 0 Å². The van der Waals surface area contributed by atoms with Crippen LogP contribution in [0, 0.1) is 0 Å². The van der Waals surface area contributed by atoms with Gasteiger partial charge in [0, 0.05) is 30.4 Å². The second-order valence-corrected chi connectivity index (χ2v) is 8.78. The van der Waals surface area contributed by atoms with Crippen molar-refractivity contribution in [2.75, 3.05) is 13.1 Å². The molecule has 1 saturated heterocycles. The van der Waals surface area contributed by atoms with Crippen LogP contribution >= 0.6 is 39.9 Å². The lowest BCUT2D eigenvalue weighted by Gasteiger charge is -2.14. The zero-order valence-electron chi connectivity index (χ0n) is 15.2. The third kappa shape index (κ3) is 7.37. The summed E-state index contributed by atoms with van der Waals surface area (Å²) < 4.78 is 1.42. The van der Waals surface area contributed by atoms with Gasteiger partial charge in [0.05, 0.1) is 4.91 Å². The monoisotopic (exact) mass is 484 g/mol. The van der Waals surface area contributed by atoms with Crippen molar-refractivity contribution in [1.29, 1.82) is 0 Å². The zero-order chi connectivity index (χ0) is 20.5. The molecule has 0 spiro atoms. The number of benzene rings is 1. The lowest BCUT2D eigenvalue weighted by Crippen LogP contribution is -2.33. The van der Waals surface area contributed by atoms with Crippen LogP contribution in [0.4, 0.5) is 0 Å². The predicted octanol–water partition coefficient (Wildman–Crippen LogP) is 3.80. The molecule has 28 heavy (non-hydrogen) atoms. The van der Waals surface area contributed by atoms with Crippen LogP contribution in [0.25, 0.3) is 6.08 Å². The average molecular weight is 485 g/mol. The molecular formula is C19H21BrN2O4S2. The fourth-order valence-corrected chi connectivity index (χ4v) is 4.08. The van der Waals surface area contributed by atoms with E-state index in [1.54, 1.807) is 6.08 Å². The van der Waals surface area contributed by atoms with Gasteiger partial charge in [0.2, 0.25) is 5.91 Å². The standard InChI is InChI=1S/C19H21BrN2O4S2/c20-14-7-5-13(6-8-14)12-15-18(26)22(19(27)28-15)11-9-16(23)21-10-3-1-2-4-17(24)25/h5-8,12H,1-4,9-11H2,(H,21,23)(H,24,25)/b15-12-. The largest absolute Gasteiger partial charge is 0.481 e. The molecule has 1 fully saturated rings. The minimum Gasteiger partial charge on any atom is -0.481 e. The Labute approximate surface area is 181 Å². The molecule has 2 amide bonds. The van der Waals surface area contributed by atoms with Crippen molar-refractivity contribution < 1.29 is 19.5 Å². The van der Waals surface area contributed by atoms with Crippen molar-refractivity contribution in [2.45, 2.75) is 32.1 Å². The van der Waals surface area contributed by atoms with Gasteiger partial charge in [-0.25, -0.2) is 0 Å². The quantitative estimate of drug-likeness (QED) is 0.298. The van der Waals surface area contributed by atoms with Crippen molar-refractivity contribution in [3.05, 3.63) is 39.2 Å². The molecule has 9 heteroatoms. The highest BCUT2D eigenvalue weighted by Gasteiger charge is 2.31. The van der Waals surface area contributed by atoms with Crippen LogP contribution in [-0.2, 0) is 14.4 Å². The Hall–Kier alpha value is -1.71. The molecule has 2 N–H and O–H groups in total. The van der Waals surface area contributed by atoms with Crippen LogP contribution in [-0.4, -0.2) is 45.2 Å². The number of rotatable bonds is 10. The molecule has 1 aromatic carbocycles. The summed E-state index contributed by atoms with van der Waals surface area (Å²) >= 11 is 9.89. The Balaban J connectivity index is 1.75. The molecule has 0 bridgehead atoms. The van der Waals surface area contributed by atoms with Gasteiger partial charge in [-0.3, -0.25) is 19.3 Å². The normalized spacial score (nSPS) is 15.3. The summed E-state index contributed by atoms with van der Waals surface area (Å²) in [5.74, 6) is -1.13. The first-order chi connectivity index (χ1) is 13.4. The van der Waals surface area contributed by atoms with Crippen LogP contribution in [0.5, 0.6) is 0 Å². The summed E-state index contributed by atoms with van der Waals surface area (Å²) in [5.41, 5.74) is 0.907. The Bertz CT molecular complexity index is 781. The van der Waals surface area contributed by atoms with Crippen molar-refractivity contribution in [3.63, 3.8) is 0 Å². The average Bonchev–Trinajstić information content (AvgIpc) is 2.91. The summed E-state index contributed by atoms with van der Waals surface area (Å²) in [4.78, 5) is 36.9. The van der Waals surface area contributed by atoms with Gasteiger partial charge in [0.25, 0.3) is 5.91 Å². The summed E-state index contributed by atoms with van der Waals surface area (Å²) in [6.45, 7) is 0.744. The Morgan fingerprint density at radius 2 is 1.89 bits per heavy atom. The zero-order valence-corrected chi connectivity index (χ0v) is 18.4. The van der Waals surface area contributed by atoms with E-state index in [0.29, 0.717) is 22.2 Å². The SMILES string of the molecule is O=C(O)CCCCCNC(=O)CCN1C(=O)/C(=C/c2ccc(Br)cc2)SC1=S. The summed E-state index contributed by atoms with van der Waals surface area (Å²) in [6.07, 6.45) is 4.21. The van der Waals surface area contributed by atoms with Crippen LogP contribution < -0.4 is 5.32 Å². The molecule has 0 aromatic heterocycles. The van der Waals surface area contributed by atoms with E-state index in [4.69, 9.17) is 17.3 Å².